The lowest BCUT2D eigenvalue weighted by Crippen LogP contribution is -2.34. The van der Waals surface area contributed by atoms with Gasteiger partial charge in [-0.3, -0.25) is 0 Å². The van der Waals surface area contributed by atoms with Crippen LogP contribution in [0.5, 0.6) is 0 Å². The Morgan fingerprint density at radius 3 is 2.50 bits per heavy atom. The summed E-state index contributed by atoms with van der Waals surface area (Å²) < 4.78 is 14.6. The normalized spacial score (nSPS) is 22.7. The molecule has 3 rings (SSSR count). The van der Waals surface area contributed by atoms with Gasteiger partial charge in [0.1, 0.15) is 5.82 Å². The molecule has 0 spiro atoms. The highest BCUT2D eigenvalue weighted by Gasteiger charge is 2.27. The molecule has 0 aliphatic carbocycles. The SMILES string of the molecule is Fc1cccc(C2CCNCC2c2cccc(Br)c2)c1. The second-order valence-electron chi connectivity index (χ2n) is 5.32. The summed E-state index contributed by atoms with van der Waals surface area (Å²) in [5.41, 5.74) is 2.41. The van der Waals surface area contributed by atoms with Crippen LogP contribution in [-0.4, -0.2) is 13.1 Å². The van der Waals surface area contributed by atoms with Gasteiger partial charge < -0.3 is 5.32 Å². The zero-order valence-electron chi connectivity index (χ0n) is 11.2. The molecule has 1 fully saturated rings. The third-order valence-corrected chi connectivity index (χ3v) is 4.53. The van der Waals surface area contributed by atoms with Gasteiger partial charge in [0.25, 0.3) is 0 Å². The minimum absolute atomic E-state index is 0.144. The Morgan fingerprint density at radius 1 is 1.00 bits per heavy atom. The van der Waals surface area contributed by atoms with Gasteiger partial charge in [-0.05, 0) is 54.3 Å². The molecular weight excluding hydrogens is 317 g/mol. The zero-order valence-corrected chi connectivity index (χ0v) is 12.7. The van der Waals surface area contributed by atoms with Gasteiger partial charge >= 0.3 is 0 Å². The standard InChI is InChI=1S/C17H17BrFN/c18-14-5-1-3-12(9-14)17-11-20-8-7-16(17)13-4-2-6-15(19)10-13/h1-6,9-10,16-17,20H,7-8,11H2. The Kier molecular flexibility index (Phi) is 4.18. The summed E-state index contributed by atoms with van der Waals surface area (Å²) >= 11 is 3.54. The third-order valence-electron chi connectivity index (χ3n) is 4.04. The highest BCUT2D eigenvalue weighted by Crippen LogP contribution is 2.38. The van der Waals surface area contributed by atoms with Gasteiger partial charge in [0, 0.05) is 16.9 Å². The van der Waals surface area contributed by atoms with E-state index >= 15 is 0 Å². The summed E-state index contributed by atoms with van der Waals surface area (Å²) in [6.45, 7) is 1.93. The van der Waals surface area contributed by atoms with Crippen LogP contribution in [0.4, 0.5) is 4.39 Å². The predicted molar refractivity (Wildman–Crippen MR) is 83.5 cm³/mol. The largest absolute Gasteiger partial charge is 0.316 e. The molecule has 20 heavy (non-hydrogen) atoms. The van der Waals surface area contributed by atoms with E-state index in [2.05, 4.69) is 39.4 Å². The maximum Gasteiger partial charge on any atom is 0.123 e. The van der Waals surface area contributed by atoms with Crippen molar-refractivity contribution in [2.24, 2.45) is 0 Å². The van der Waals surface area contributed by atoms with Crippen molar-refractivity contribution >= 4 is 15.9 Å². The molecule has 0 amide bonds. The molecule has 2 aromatic carbocycles. The first-order chi connectivity index (χ1) is 9.74. The van der Waals surface area contributed by atoms with E-state index in [0.29, 0.717) is 11.8 Å². The molecule has 3 heteroatoms. The Hall–Kier alpha value is -1.19. The summed E-state index contributed by atoms with van der Waals surface area (Å²) in [5, 5.41) is 3.46. The van der Waals surface area contributed by atoms with Crippen molar-refractivity contribution in [1.82, 2.24) is 5.32 Å². The molecule has 0 aromatic heterocycles. The number of halogens is 2. The van der Waals surface area contributed by atoms with Crippen molar-refractivity contribution < 1.29 is 4.39 Å². The monoisotopic (exact) mass is 333 g/mol. The van der Waals surface area contributed by atoms with Crippen molar-refractivity contribution in [2.45, 2.75) is 18.3 Å². The molecule has 104 valence electrons. The van der Waals surface area contributed by atoms with E-state index < -0.39 is 0 Å². The van der Waals surface area contributed by atoms with E-state index in [1.807, 2.05) is 18.2 Å². The second-order valence-corrected chi connectivity index (χ2v) is 6.23. The molecule has 1 aliphatic rings. The molecule has 1 heterocycles. The van der Waals surface area contributed by atoms with Crippen LogP contribution in [0, 0.1) is 5.82 Å². The quantitative estimate of drug-likeness (QED) is 0.856. The molecule has 2 atom stereocenters. The first kappa shape index (κ1) is 13.8. The summed E-state index contributed by atoms with van der Waals surface area (Å²) in [4.78, 5) is 0. The molecule has 1 nitrogen and oxygen atoms in total. The average Bonchev–Trinajstić information content (AvgIpc) is 2.47. The Balaban J connectivity index is 1.95. The third kappa shape index (κ3) is 2.94. The second kappa shape index (κ2) is 6.06. The van der Waals surface area contributed by atoms with Gasteiger partial charge in [-0.15, -0.1) is 0 Å². The molecule has 1 saturated heterocycles. The summed E-state index contributed by atoms with van der Waals surface area (Å²) in [5.74, 6) is 0.623. The molecular formula is C17H17BrFN. The molecule has 0 saturated carbocycles. The van der Waals surface area contributed by atoms with Gasteiger partial charge in [-0.2, -0.15) is 0 Å². The van der Waals surface area contributed by atoms with Gasteiger partial charge in [0.2, 0.25) is 0 Å². The van der Waals surface area contributed by atoms with Gasteiger partial charge in [-0.1, -0.05) is 40.2 Å². The topological polar surface area (TPSA) is 12.0 Å². The summed E-state index contributed by atoms with van der Waals surface area (Å²) in [6, 6.07) is 15.5. The Labute approximate surface area is 127 Å². The van der Waals surface area contributed by atoms with Crippen LogP contribution in [0.3, 0.4) is 0 Å². The maximum absolute atomic E-state index is 13.5. The first-order valence-corrected chi connectivity index (χ1v) is 7.75. The van der Waals surface area contributed by atoms with Crippen molar-refractivity contribution in [3.8, 4) is 0 Å². The van der Waals surface area contributed by atoms with Crippen LogP contribution in [-0.2, 0) is 0 Å². The number of piperidine rings is 1. The van der Waals surface area contributed by atoms with Crippen LogP contribution in [0.1, 0.15) is 29.4 Å². The molecule has 2 aromatic rings. The van der Waals surface area contributed by atoms with E-state index in [9.17, 15) is 4.39 Å². The van der Waals surface area contributed by atoms with Crippen LogP contribution < -0.4 is 5.32 Å². The Bertz CT molecular complexity index is 546. The molecule has 1 N–H and O–H groups in total. The smallest absolute Gasteiger partial charge is 0.123 e. The molecule has 2 unspecified atom stereocenters. The van der Waals surface area contributed by atoms with Crippen LogP contribution in [0.2, 0.25) is 0 Å². The van der Waals surface area contributed by atoms with Gasteiger partial charge in [0.15, 0.2) is 0 Å². The fourth-order valence-corrected chi connectivity index (χ4v) is 3.50. The summed E-state index contributed by atoms with van der Waals surface area (Å²) in [6.07, 6.45) is 1.04. The maximum atomic E-state index is 13.5. The minimum atomic E-state index is -0.144. The van der Waals surface area contributed by atoms with E-state index in [0.717, 1.165) is 29.5 Å². The highest BCUT2D eigenvalue weighted by atomic mass is 79.9. The minimum Gasteiger partial charge on any atom is -0.316 e. The van der Waals surface area contributed by atoms with Crippen molar-refractivity contribution in [2.75, 3.05) is 13.1 Å². The number of hydrogen-bond donors (Lipinski definition) is 1. The lowest BCUT2D eigenvalue weighted by Gasteiger charge is -2.33. The Morgan fingerprint density at radius 2 is 1.75 bits per heavy atom. The van der Waals surface area contributed by atoms with Crippen LogP contribution >= 0.6 is 15.9 Å². The van der Waals surface area contributed by atoms with Gasteiger partial charge in [0.05, 0.1) is 0 Å². The van der Waals surface area contributed by atoms with Crippen LogP contribution in [0.25, 0.3) is 0 Å². The van der Waals surface area contributed by atoms with E-state index in [1.54, 1.807) is 6.07 Å². The first-order valence-electron chi connectivity index (χ1n) is 6.95. The number of benzene rings is 2. The molecule has 1 aliphatic heterocycles. The van der Waals surface area contributed by atoms with E-state index in [-0.39, 0.29) is 5.82 Å². The predicted octanol–water partition coefficient (Wildman–Crippen LogP) is 4.45. The lowest BCUT2D eigenvalue weighted by molar-refractivity contribution is 0.403. The van der Waals surface area contributed by atoms with E-state index in [4.69, 9.17) is 0 Å². The van der Waals surface area contributed by atoms with Crippen molar-refractivity contribution in [3.05, 3.63) is 69.9 Å². The fourth-order valence-electron chi connectivity index (χ4n) is 3.08. The van der Waals surface area contributed by atoms with Gasteiger partial charge in [-0.25, -0.2) is 4.39 Å². The number of rotatable bonds is 2. The fraction of sp³-hybridized carbons (Fsp3) is 0.294. The van der Waals surface area contributed by atoms with E-state index in [1.165, 1.54) is 11.6 Å². The average molecular weight is 334 g/mol. The molecule has 0 radical (unpaired) electrons. The van der Waals surface area contributed by atoms with Crippen LogP contribution in [0.15, 0.2) is 53.0 Å². The lowest BCUT2D eigenvalue weighted by atomic mass is 9.77. The van der Waals surface area contributed by atoms with Crippen molar-refractivity contribution in [1.29, 1.82) is 0 Å². The van der Waals surface area contributed by atoms with Crippen molar-refractivity contribution in [3.63, 3.8) is 0 Å². The number of nitrogens with one attached hydrogen (secondary N) is 1. The highest BCUT2D eigenvalue weighted by molar-refractivity contribution is 9.10. The zero-order chi connectivity index (χ0) is 13.9. The number of hydrogen-bond acceptors (Lipinski definition) is 1. The summed E-state index contributed by atoms with van der Waals surface area (Å²) in [7, 11) is 0. The molecule has 0 bridgehead atoms.